The van der Waals surface area contributed by atoms with Gasteiger partial charge in [0.15, 0.2) is 0 Å². The molecule has 0 aliphatic rings. The molecule has 0 fully saturated rings. The Morgan fingerprint density at radius 1 is 1.25 bits per heavy atom. The molecule has 2 heteroatoms. The predicted octanol–water partition coefficient (Wildman–Crippen LogP) is 3.12. The molecule has 1 aromatic rings. The zero-order chi connectivity index (χ0) is 12.0. The first kappa shape index (κ1) is 12.9. The summed E-state index contributed by atoms with van der Waals surface area (Å²) < 4.78 is 0. The Balaban J connectivity index is 2.40. The molecule has 16 heavy (non-hydrogen) atoms. The molecule has 0 aliphatic carbocycles. The molecule has 1 aromatic carbocycles. The second kappa shape index (κ2) is 6.44. The lowest BCUT2D eigenvalue weighted by Crippen LogP contribution is -2.07. The number of Topliss-reactive ketones (excluding diaryl/α,β-unsaturated/α-hetero) is 1. The molecular formula is C14H20O2. The number of carbonyl (C=O) groups excluding carboxylic acids is 1. The third-order valence-corrected chi connectivity index (χ3v) is 2.61. The number of aliphatic hydroxyl groups is 1. The minimum atomic E-state index is -0.652. The lowest BCUT2D eigenvalue weighted by atomic mass is 9.99. The second-order valence-corrected chi connectivity index (χ2v) is 4.60. The van der Waals surface area contributed by atoms with Crippen molar-refractivity contribution in [2.75, 3.05) is 0 Å². The molecule has 0 saturated heterocycles. The fourth-order valence-corrected chi connectivity index (χ4v) is 1.56. The van der Waals surface area contributed by atoms with Crippen molar-refractivity contribution in [2.24, 2.45) is 5.92 Å². The van der Waals surface area contributed by atoms with Gasteiger partial charge in [0.25, 0.3) is 0 Å². The zero-order valence-electron chi connectivity index (χ0n) is 10.0. The van der Waals surface area contributed by atoms with E-state index in [-0.39, 0.29) is 12.2 Å². The van der Waals surface area contributed by atoms with E-state index in [9.17, 15) is 9.90 Å². The summed E-state index contributed by atoms with van der Waals surface area (Å²) in [5.41, 5.74) is 0.820. The van der Waals surface area contributed by atoms with Crippen molar-refractivity contribution in [3.05, 3.63) is 35.9 Å². The van der Waals surface area contributed by atoms with Crippen molar-refractivity contribution >= 4 is 5.78 Å². The van der Waals surface area contributed by atoms with E-state index in [1.807, 2.05) is 30.3 Å². The van der Waals surface area contributed by atoms with Gasteiger partial charge in [-0.05, 0) is 17.9 Å². The summed E-state index contributed by atoms with van der Waals surface area (Å²) in [4.78, 5) is 11.6. The molecule has 0 spiro atoms. The molecule has 1 rings (SSSR count). The lowest BCUT2D eigenvalue weighted by Gasteiger charge is -2.10. The third kappa shape index (κ3) is 4.58. The van der Waals surface area contributed by atoms with Crippen LogP contribution in [0.1, 0.15) is 44.8 Å². The van der Waals surface area contributed by atoms with Gasteiger partial charge >= 0.3 is 0 Å². The van der Waals surface area contributed by atoms with Crippen LogP contribution >= 0.6 is 0 Å². The van der Waals surface area contributed by atoms with E-state index in [4.69, 9.17) is 0 Å². The number of carbonyl (C=O) groups is 1. The fourth-order valence-electron chi connectivity index (χ4n) is 1.56. The molecule has 1 atom stereocenters. The van der Waals surface area contributed by atoms with Crippen molar-refractivity contribution in [2.45, 2.75) is 39.2 Å². The number of ketones is 1. The van der Waals surface area contributed by atoms with Crippen LogP contribution in [0.2, 0.25) is 0 Å². The van der Waals surface area contributed by atoms with Gasteiger partial charge in [0.2, 0.25) is 0 Å². The molecule has 0 aromatic heterocycles. The van der Waals surface area contributed by atoms with Crippen molar-refractivity contribution in [1.29, 1.82) is 0 Å². The van der Waals surface area contributed by atoms with Gasteiger partial charge in [0.1, 0.15) is 5.78 Å². The number of aliphatic hydroxyl groups excluding tert-OH is 1. The third-order valence-electron chi connectivity index (χ3n) is 2.61. The van der Waals surface area contributed by atoms with Crippen LogP contribution in [-0.2, 0) is 4.79 Å². The SMILES string of the molecule is CC(C)CCC(=O)CC(O)c1ccccc1. The highest BCUT2D eigenvalue weighted by molar-refractivity contribution is 5.79. The van der Waals surface area contributed by atoms with Gasteiger partial charge in [-0.1, -0.05) is 44.2 Å². The molecule has 1 unspecified atom stereocenters. The van der Waals surface area contributed by atoms with E-state index in [0.717, 1.165) is 12.0 Å². The molecule has 2 nitrogen and oxygen atoms in total. The highest BCUT2D eigenvalue weighted by Gasteiger charge is 2.12. The smallest absolute Gasteiger partial charge is 0.135 e. The summed E-state index contributed by atoms with van der Waals surface area (Å²) in [6.45, 7) is 4.20. The van der Waals surface area contributed by atoms with Crippen LogP contribution in [0.5, 0.6) is 0 Å². The first-order valence-electron chi connectivity index (χ1n) is 5.84. The molecule has 0 radical (unpaired) electrons. The number of hydrogen-bond acceptors (Lipinski definition) is 2. The number of benzene rings is 1. The van der Waals surface area contributed by atoms with Crippen LogP contribution in [0.25, 0.3) is 0 Å². The second-order valence-electron chi connectivity index (χ2n) is 4.60. The summed E-state index contributed by atoms with van der Waals surface area (Å²) in [5.74, 6) is 0.683. The predicted molar refractivity (Wildman–Crippen MR) is 65.1 cm³/mol. The highest BCUT2D eigenvalue weighted by Crippen LogP contribution is 2.18. The van der Waals surface area contributed by atoms with E-state index < -0.39 is 6.10 Å². The average Bonchev–Trinajstić information content (AvgIpc) is 2.27. The highest BCUT2D eigenvalue weighted by atomic mass is 16.3. The Labute approximate surface area is 97.3 Å². The normalized spacial score (nSPS) is 12.8. The van der Waals surface area contributed by atoms with Gasteiger partial charge in [0.05, 0.1) is 6.10 Å². The number of rotatable bonds is 6. The largest absolute Gasteiger partial charge is 0.388 e. The monoisotopic (exact) mass is 220 g/mol. The van der Waals surface area contributed by atoms with Crippen LogP contribution < -0.4 is 0 Å². The quantitative estimate of drug-likeness (QED) is 0.799. The van der Waals surface area contributed by atoms with Crippen molar-refractivity contribution in [1.82, 2.24) is 0 Å². The Morgan fingerprint density at radius 3 is 2.44 bits per heavy atom. The molecule has 0 heterocycles. The van der Waals surface area contributed by atoms with Crippen LogP contribution in [0.4, 0.5) is 0 Å². The average molecular weight is 220 g/mol. The fraction of sp³-hybridized carbons (Fsp3) is 0.500. The summed E-state index contributed by atoms with van der Waals surface area (Å²) in [5, 5.41) is 9.84. The molecule has 0 bridgehead atoms. The molecule has 0 aliphatic heterocycles. The van der Waals surface area contributed by atoms with E-state index in [1.54, 1.807) is 0 Å². The van der Waals surface area contributed by atoms with Crippen LogP contribution in [0.3, 0.4) is 0 Å². The zero-order valence-corrected chi connectivity index (χ0v) is 10.0. The first-order chi connectivity index (χ1) is 7.59. The summed E-state index contributed by atoms with van der Waals surface area (Å²) in [6.07, 6.45) is 1.06. The van der Waals surface area contributed by atoms with Crippen LogP contribution in [0, 0.1) is 5.92 Å². The maximum absolute atomic E-state index is 11.6. The maximum Gasteiger partial charge on any atom is 0.135 e. The summed E-state index contributed by atoms with van der Waals surface area (Å²) in [7, 11) is 0. The van der Waals surface area contributed by atoms with Gasteiger partial charge < -0.3 is 5.11 Å². The van der Waals surface area contributed by atoms with Gasteiger partial charge in [0, 0.05) is 12.8 Å². The summed E-state index contributed by atoms with van der Waals surface area (Å²) >= 11 is 0. The maximum atomic E-state index is 11.6. The van der Waals surface area contributed by atoms with E-state index >= 15 is 0 Å². The van der Waals surface area contributed by atoms with Crippen LogP contribution in [-0.4, -0.2) is 10.9 Å². The minimum Gasteiger partial charge on any atom is -0.388 e. The Bertz CT molecular complexity index is 317. The number of hydrogen-bond donors (Lipinski definition) is 1. The van der Waals surface area contributed by atoms with E-state index in [1.165, 1.54) is 0 Å². The van der Waals surface area contributed by atoms with Gasteiger partial charge in [-0.15, -0.1) is 0 Å². The van der Waals surface area contributed by atoms with Gasteiger partial charge in [-0.25, -0.2) is 0 Å². The molecule has 88 valence electrons. The molecule has 1 N–H and O–H groups in total. The lowest BCUT2D eigenvalue weighted by molar-refractivity contribution is -0.121. The van der Waals surface area contributed by atoms with Crippen molar-refractivity contribution in [3.63, 3.8) is 0 Å². The first-order valence-corrected chi connectivity index (χ1v) is 5.84. The topological polar surface area (TPSA) is 37.3 Å². The van der Waals surface area contributed by atoms with E-state index in [0.29, 0.717) is 12.3 Å². The molecule has 0 amide bonds. The van der Waals surface area contributed by atoms with Gasteiger partial charge in [-0.3, -0.25) is 4.79 Å². The van der Waals surface area contributed by atoms with Crippen LogP contribution in [0.15, 0.2) is 30.3 Å². The standard InChI is InChI=1S/C14H20O2/c1-11(2)8-9-13(15)10-14(16)12-6-4-3-5-7-12/h3-7,11,14,16H,8-10H2,1-2H3. The Kier molecular flexibility index (Phi) is 5.20. The van der Waals surface area contributed by atoms with Gasteiger partial charge in [-0.2, -0.15) is 0 Å². The Morgan fingerprint density at radius 2 is 1.88 bits per heavy atom. The molecular weight excluding hydrogens is 200 g/mol. The summed E-state index contributed by atoms with van der Waals surface area (Å²) in [6, 6.07) is 9.34. The minimum absolute atomic E-state index is 0.144. The van der Waals surface area contributed by atoms with E-state index in [2.05, 4.69) is 13.8 Å². The molecule has 0 saturated carbocycles. The van der Waals surface area contributed by atoms with Crippen molar-refractivity contribution < 1.29 is 9.90 Å². The van der Waals surface area contributed by atoms with Crippen molar-refractivity contribution in [3.8, 4) is 0 Å². The Hall–Kier alpha value is -1.15.